The molecule has 0 aliphatic carbocycles. The van der Waals surface area contributed by atoms with Crippen LogP contribution in [0, 0.1) is 11.3 Å². The van der Waals surface area contributed by atoms with Crippen molar-refractivity contribution < 1.29 is 4.79 Å². The van der Waals surface area contributed by atoms with Crippen molar-refractivity contribution in [2.24, 2.45) is 0 Å². The molecule has 1 aliphatic heterocycles. The van der Waals surface area contributed by atoms with E-state index in [1.807, 2.05) is 0 Å². The molecule has 1 unspecified atom stereocenters. The lowest BCUT2D eigenvalue weighted by Gasteiger charge is -2.12. The van der Waals surface area contributed by atoms with Crippen molar-refractivity contribution in [2.75, 3.05) is 11.9 Å². The molecule has 2 aromatic heterocycles. The minimum Gasteiger partial charge on any atom is -0.315 e. The van der Waals surface area contributed by atoms with Gasteiger partial charge in [-0.2, -0.15) is 10.4 Å². The SMILES string of the molecule is CC(C(=O)Nc1sc2c(c1C#N)CCNC2)n1cncn1. The lowest BCUT2D eigenvalue weighted by atomic mass is 10.1. The Morgan fingerprint density at radius 3 is 3.24 bits per heavy atom. The Bertz CT molecular complexity index is 699. The second-order valence-corrected chi connectivity index (χ2v) is 5.89. The number of anilines is 1. The number of carbonyl (C=O) groups is 1. The van der Waals surface area contributed by atoms with E-state index in [1.54, 1.807) is 6.92 Å². The Morgan fingerprint density at radius 2 is 2.52 bits per heavy atom. The number of carbonyl (C=O) groups excluding carboxylic acids is 1. The van der Waals surface area contributed by atoms with Crippen LogP contribution in [0.1, 0.15) is 29.0 Å². The number of amides is 1. The van der Waals surface area contributed by atoms with Gasteiger partial charge in [-0.1, -0.05) is 0 Å². The third-order valence-corrected chi connectivity index (χ3v) is 4.64. The average Bonchev–Trinajstić information content (AvgIpc) is 3.13. The van der Waals surface area contributed by atoms with Crippen molar-refractivity contribution in [1.82, 2.24) is 20.1 Å². The first kappa shape index (κ1) is 13.7. The molecule has 0 spiro atoms. The molecule has 3 heterocycles. The van der Waals surface area contributed by atoms with Crippen molar-refractivity contribution >= 4 is 22.2 Å². The van der Waals surface area contributed by atoms with E-state index in [-0.39, 0.29) is 5.91 Å². The molecule has 8 heteroatoms. The highest BCUT2D eigenvalue weighted by Gasteiger charge is 2.23. The fourth-order valence-corrected chi connectivity index (χ4v) is 3.47. The van der Waals surface area contributed by atoms with Gasteiger partial charge in [-0.3, -0.25) is 4.79 Å². The maximum Gasteiger partial charge on any atom is 0.249 e. The topological polar surface area (TPSA) is 95.6 Å². The van der Waals surface area contributed by atoms with E-state index in [4.69, 9.17) is 0 Å². The van der Waals surface area contributed by atoms with Crippen LogP contribution in [0.5, 0.6) is 0 Å². The van der Waals surface area contributed by atoms with Crippen LogP contribution in [0.4, 0.5) is 5.00 Å². The van der Waals surface area contributed by atoms with Crippen LogP contribution in [0.2, 0.25) is 0 Å². The van der Waals surface area contributed by atoms with Gasteiger partial charge in [0.1, 0.15) is 29.8 Å². The van der Waals surface area contributed by atoms with Crippen LogP contribution in [0.3, 0.4) is 0 Å². The summed E-state index contributed by atoms with van der Waals surface area (Å²) < 4.78 is 1.48. The molecule has 2 N–H and O–H groups in total. The summed E-state index contributed by atoms with van der Waals surface area (Å²) in [5.74, 6) is -0.205. The minimum absolute atomic E-state index is 0.205. The Balaban J connectivity index is 1.83. The first-order valence-corrected chi connectivity index (χ1v) is 7.42. The normalized spacial score (nSPS) is 15.0. The molecule has 0 saturated heterocycles. The highest BCUT2D eigenvalue weighted by Crippen LogP contribution is 2.35. The van der Waals surface area contributed by atoms with Gasteiger partial charge in [0, 0.05) is 11.4 Å². The third kappa shape index (κ3) is 2.53. The number of hydrogen-bond donors (Lipinski definition) is 2. The first-order valence-electron chi connectivity index (χ1n) is 6.61. The van der Waals surface area contributed by atoms with Gasteiger partial charge in [0.15, 0.2) is 0 Å². The van der Waals surface area contributed by atoms with Crippen LogP contribution >= 0.6 is 11.3 Å². The predicted octanol–water partition coefficient (Wildman–Crippen LogP) is 1.06. The molecule has 0 saturated carbocycles. The van der Waals surface area contributed by atoms with Crippen molar-refractivity contribution in [3.63, 3.8) is 0 Å². The summed E-state index contributed by atoms with van der Waals surface area (Å²) in [5.41, 5.74) is 1.65. The number of thiophene rings is 1. The second kappa shape index (κ2) is 5.63. The fourth-order valence-electron chi connectivity index (χ4n) is 2.29. The molecule has 1 amide bonds. The molecular formula is C13H14N6OS. The summed E-state index contributed by atoms with van der Waals surface area (Å²) >= 11 is 1.47. The lowest BCUT2D eigenvalue weighted by molar-refractivity contribution is -0.119. The van der Waals surface area contributed by atoms with E-state index in [2.05, 4.69) is 26.8 Å². The van der Waals surface area contributed by atoms with Crippen LogP contribution in [0.15, 0.2) is 12.7 Å². The number of aromatic nitrogens is 3. The number of hydrogen-bond acceptors (Lipinski definition) is 6. The standard InChI is InChI=1S/C13H14N6OS/c1-8(19-7-16-6-17-19)12(20)18-13-10(4-14)9-2-3-15-5-11(9)21-13/h6-8,15H,2-3,5H2,1H3,(H,18,20). The molecule has 0 fully saturated rings. The number of nitrogens with zero attached hydrogens (tertiary/aromatic N) is 4. The molecule has 1 atom stereocenters. The van der Waals surface area contributed by atoms with E-state index in [1.165, 1.54) is 28.7 Å². The van der Waals surface area contributed by atoms with E-state index in [9.17, 15) is 10.1 Å². The van der Waals surface area contributed by atoms with Crippen molar-refractivity contribution in [1.29, 1.82) is 5.26 Å². The number of nitrogens with one attached hydrogen (secondary N) is 2. The Morgan fingerprint density at radius 1 is 1.67 bits per heavy atom. The number of fused-ring (bicyclic) bond motifs is 1. The van der Waals surface area contributed by atoms with Gasteiger partial charge in [-0.25, -0.2) is 9.67 Å². The van der Waals surface area contributed by atoms with Gasteiger partial charge in [0.2, 0.25) is 5.91 Å². The molecule has 7 nitrogen and oxygen atoms in total. The van der Waals surface area contributed by atoms with Crippen LogP contribution < -0.4 is 10.6 Å². The molecule has 1 aliphatic rings. The Hall–Kier alpha value is -2.24. The molecule has 21 heavy (non-hydrogen) atoms. The van der Waals surface area contributed by atoms with Crippen molar-refractivity contribution in [2.45, 2.75) is 25.9 Å². The monoisotopic (exact) mass is 302 g/mol. The fraction of sp³-hybridized carbons (Fsp3) is 0.385. The quantitative estimate of drug-likeness (QED) is 0.883. The highest BCUT2D eigenvalue weighted by atomic mass is 32.1. The zero-order valence-corrected chi connectivity index (χ0v) is 12.3. The Kier molecular flexibility index (Phi) is 3.68. The second-order valence-electron chi connectivity index (χ2n) is 4.79. The van der Waals surface area contributed by atoms with Crippen molar-refractivity contribution in [3.8, 4) is 6.07 Å². The molecular weight excluding hydrogens is 288 g/mol. The molecule has 2 aromatic rings. The molecule has 0 radical (unpaired) electrons. The van der Waals surface area contributed by atoms with E-state index >= 15 is 0 Å². The molecule has 0 aromatic carbocycles. The highest BCUT2D eigenvalue weighted by molar-refractivity contribution is 7.16. The molecule has 0 bridgehead atoms. The number of nitriles is 1. The third-order valence-electron chi connectivity index (χ3n) is 3.49. The summed E-state index contributed by atoms with van der Waals surface area (Å²) in [6, 6.07) is 1.74. The summed E-state index contributed by atoms with van der Waals surface area (Å²) in [6.07, 6.45) is 3.71. The Labute approximate surface area is 125 Å². The maximum absolute atomic E-state index is 12.3. The van der Waals surface area contributed by atoms with Gasteiger partial charge in [0.25, 0.3) is 0 Å². The van der Waals surface area contributed by atoms with Crippen LogP contribution in [0.25, 0.3) is 0 Å². The van der Waals surface area contributed by atoms with Gasteiger partial charge in [-0.15, -0.1) is 11.3 Å². The zero-order chi connectivity index (χ0) is 14.8. The number of rotatable bonds is 3. The lowest BCUT2D eigenvalue weighted by Crippen LogP contribution is -2.24. The summed E-state index contributed by atoms with van der Waals surface area (Å²) in [6.45, 7) is 3.36. The van der Waals surface area contributed by atoms with E-state index in [0.717, 1.165) is 30.0 Å². The summed E-state index contributed by atoms with van der Waals surface area (Å²) in [4.78, 5) is 17.2. The largest absolute Gasteiger partial charge is 0.315 e. The van der Waals surface area contributed by atoms with E-state index in [0.29, 0.717) is 10.6 Å². The first-order chi connectivity index (χ1) is 10.2. The van der Waals surface area contributed by atoms with Crippen LogP contribution in [-0.2, 0) is 17.8 Å². The minimum atomic E-state index is -0.476. The smallest absolute Gasteiger partial charge is 0.249 e. The van der Waals surface area contributed by atoms with Gasteiger partial charge < -0.3 is 10.6 Å². The molecule has 3 rings (SSSR count). The summed E-state index contributed by atoms with van der Waals surface area (Å²) in [5, 5.41) is 20.1. The van der Waals surface area contributed by atoms with Crippen LogP contribution in [-0.4, -0.2) is 27.2 Å². The van der Waals surface area contributed by atoms with E-state index < -0.39 is 6.04 Å². The van der Waals surface area contributed by atoms with Gasteiger partial charge in [-0.05, 0) is 25.5 Å². The zero-order valence-electron chi connectivity index (χ0n) is 11.5. The van der Waals surface area contributed by atoms with Gasteiger partial charge in [0.05, 0.1) is 5.56 Å². The predicted molar refractivity (Wildman–Crippen MR) is 77.8 cm³/mol. The summed E-state index contributed by atoms with van der Waals surface area (Å²) in [7, 11) is 0. The van der Waals surface area contributed by atoms with Crippen molar-refractivity contribution in [3.05, 3.63) is 28.7 Å². The average molecular weight is 302 g/mol. The van der Waals surface area contributed by atoms with Gasteiger partial charge >= 0.3 is 0 Å². The molecule has 108 valence electrons. The maximum atomic E-state index is 12.3.